The topological polar surface area (TPSA) is 75.3 Å². The Balaban J connectivity index is 1.91. The van der Waals surface area contributed by atoms with Gasteiger partial charge in [-0.1, -0.05) is 29.8 Å². The molecule has 0 fully saturated rings. The molecule has 0 saturated carbocycles. The van der Waals surface area contributed by atoms with Crippen LogP contribution in [-0.4, -0.2) is 34.5 Å². The number of hydrogen-bond acceptors (Lipinski definition) is 6. The lowest BCUT2D eigenvalue weighted by molar-refractivity contribution is 0.0531. The molecule has 2 heterocycles. The average molecular weight is 400 g/mol. The van der Waals surface area contributed by atoms with Crippen LogP contribution in [0.4, 0.5) is 0 Å². The first-order valence-electron chi connectivity index (χ1n) is 9.28. The summed E-state index contributed by atoms with van der Waals surface area (Å²) in [6.45, 7) is 8.62. The quantitative estimate of drug-likeness (QED) is 0.635. The van der Waals surface area contributed by atoms with Crippen LogP contribution < -0.4 is 5.56 Å². The summed E-state index contributed by atoms with van der Waals surface area (Å²) in [6.07, 6.45) is 0. The molecule has 0 unspecified atom stereocenters. The average Bonchev–Trinajstić information content (AvgIpc) is 3.00. The number of benzene rings is 1. The van der Waals surface area contributed by atoms with E-state index in [0.717, 1.165) is 6.54 Å². The molecule has 28 heavy (non-hydrogen) atoms. The number of nitrogens with one attached hydrogen (secondary N) is 1. The summed E-state index contributed by atoms with van der Waals surface area (Å²) in [5.74, 6) is 0.178. The number of aromatic nitrogens is 2. The number of carbonyl (C=O) groups is 1. The van der Waals surface area contributed by atoms with Crippen molar-refractivity contribution in [2.75, 3.05) is 13.7 Å². The van der Waals surface area contributed by atoms with Crippen LogP contribution in [0.2, 0.25) is 0 Å². The predicted molar refractivity (Wildman–Crippen MR) is 112 cm³/mol. The van der Waals surface area contributed by atoms with Crippen molar-refractivity contribution in [3.8, 4) is 0 Å². The normalized spacial score (nSPS) is 12.5. The molecule has 0 spiro atoms. The van der Waals surface area contributed by atoms with Crippen molar-refractivity contribution in [1.82, 2.24) is 14.9 Å². The summed E-state index contributed by atoms with van der Waals surface area (Å²) in [5.41, 5.74) is 2.82. The van der Waals surface area contributed by atoms with Crippen LogP contribution in [-0.2, 0) is 11.3 Å². The van der Waals surface area contributed by atoms with Crippen LogP contribution >= 0.6 is 11.3 Å². The van der Waals surface area contributed by atoms with Crippen LogP contribution in [0.25, 0.3) is 10.2 Å². The molecule has 0 aliphatic heterocycles. The highest BCUT2D eigenvalue weighted by molar-refractivity contribution is 7.20. The van der Waals surface area contributed by atoms with Crippen LogP contribution in [0, 0.1) is 13.8 Å². The highest BCUT2D eigenvalue weighted by Crippen LogP contribution is 2.29. The number of rotatable bonds is 6. The van der Waals surface area contributed by atoms with Gasteiger partial charge < -0.3 is 9.72 Å². The number of esters is 1. The molecule has 2 aromatic heterocycles. The van der Waals surface area contributed by atoms with Gasteiger partial charge in [0.25, 0.3) is 5.56 Å². The third-order valence-electron chi connectivity index (χ3n) is 4.89. The second-order valence-electron chi connectivity index (χ2n) is 6.98. The summed E-state index contributed by atoms with van der Waals surface area (Å²) in [5, 5.41) is 0.463. The first kappa shape index (κ1) is 20.2. The number of aromatic amines is 1. The Bertz CT molecular complexity index is 1050. The summed E-state index contributed by atoms with van der Waals surface area (Å²) in [6, 6.07) is 8.29. The Morgan fingerprint density at radius 1 is 1.29 bits per heavy atom. The van der Waals surface area contributed by atoms with E-state index in [0.29, 0.717) is 33.1 Å². The monoisotopic (exact) mass is 399 g/mol. The van der Waals surface area contributed by atoms with E-state index >= 15 is 0 Å². The molecule has 3 rings (SSSR count). The summed E-state index contributed by atoms with van der Waals surface area (Å²) >= 11 is 1.21. The first-order chi connectivity index (χ1) is 13.3. The molecule has 0 amide bonds. The van der Waals surface area contributed by atoms with Gasteiger partial charge in [-0.3, -0.25) is 9.69 Å². The maximum absolute atomic E-state index is 12.7. The van der Waals surface area contributed by atoms with Crippen LogP contribution in [0.5, 0.6) is 0 Å². The fraction of sp³-hybridized carbons (Fsp3) is 0.381. The van der Waals surface area contributed by atoms with Crippen molar-refractivity contribution in [3.63, 3.8) is 0 Å². The Labute approximate surface area is 168 Å². The van der Waals surface area contributed by atoms with Gasteiger partial charge in [-0.25, -0.2) is 9.78 Å². The van der Waals surface area contributed by atoms with Gasteiger partial charge in [-0.2, -0.15) is 0 Å². The van der Waals surface area contributed by atoms with Gasteiger partial charge in [0.2, 0.25) is 0 Å². The molecule has 1 atom stereocenters. The second kappa shape index (κ2) is 8.24. The van der Waals surface area contributed by atoms with E-state index in [4.69, 9.17) is 4.74 Å². The zero-order valence-electron chi connectivity index (χ0n) is 16.8. The number of hydrogen-bond donors (Lipinski definition) is 1. The summed E-state index contributed by atoms with van der Waals surface area (Å²) in [7, 11) is 2.00. The van der Waals surface area contributed by atoms with Crippen LogP contribution in [0.1, 0.15) is 52.1 Å². The van der Waals surface area contributed by atoms with E-state index in [1.165, 1.54) is 22.5 Å². The van der Waals surface area contributed by atoms with Gasteiger partial charge in [-0.05, 0) is 45.9 Å². The van der Waals surface area contributed by atoms with Gasteiger partial charge >= 0.3 is 5.97 Å². The Morgan fingerprint density at radius 3 is 2.61 bits per heavy atom. The maximum atomic E-state index is 12.7. The van der Waals surface area contributed by atoms with Crippen LogP contribution in [0.15, 0.2) is 29.1 Å². The number of ether oxygens (including phenoxy) is 1. The van der Waals surface area contributed by atoms with Gasteiger partial charge in [0.15, 0.2) is 0 Å². The fourth-order valence-corrected chi connectivity index (χ4v) is 4.16. The van der Waals surface area contributed by atoms with Crippen molar-refractivity contribution in [1.29, 1.82) is 0 Å². The highest BCUT2D eigenvalue weighted by atomic mass is 32.1. The number of carbonyl (C=O) groups excluding carboxylic acids is 1. The number of aryl methyl sites for hydroxylation is 2. The van der Waals surface area contributed by atoms with E-state index in [2.05, 4.69) is 46.1 Å². The number of fused-ring (bicyclic) bond motifs is 1. The van der Waals surface area contributed by atoms with Crippen LogP contribution in [0.3, 0.4) is 0 Å². The Morgan fingerprint density at radius 2 is 1.96 bits per heavy atom. The smallest absolute Gasteiger partial charge is 0.348 e. The molecule has 3 aromatic rings. The molecule has 1 aromatic carbocycles. The lowest BCUT2D eigenvalue weighted by Crippen LogP contribution is -2.25. The van der Waals surface area contributed by atoms with Crippen molar-refractivity contribution in [2.24, 2.45) is 0 Å². The third kappa shape index (κ3) is 4.00. The standard InChI is InChI=1S/C21H25N3O3S/c1-6-27-21(26)17-13(3)16-19(25)22-18(23-20(16)28-17)14(4)24(5)11-15-9-7-12(2)8-10-15/h7-10,14H,6,11H2,1-5H3,(H,22,23,25)/t14-/m1/s1. The minimum atomic E-state index is -0.409. The zero-order valence-corrected chi connectivity index (χ0v) is 17.6. The molecule has 1 N–H and O–H groups in total. The lowest BCUT2D eigenvalue weighted by atomic mass is 10.1. The van der Waals surface area contributed by atoms with Gasteiger partial charge in [-0.15, -0.1) is 11.3 Å². The van der Waals surface area contributed by atoms with Crippen molar-refractivity contribution in [2.45, 2.75) is 40.3 Å². The molecule has 148 valence electrons. The molecule has 0 radical (unpaired) electrons. The number of nitrogens with zero attached hydrogens (tertiary/aromatic N) is 2. The predicted octanol–water partition coefficient (Wildman–Crippen LogP) is 3.97. The van der Waals surface area contributed by atoms with Crippen molar-refractivity contribution in [3.05, 3.63) is 62.0 Å². The van der Waals surface area contributed by atoms with Gasteiger partial charge in [0, 0.05) is 6.54 Å². The van der Waals surface area contributed by atoms with E-state index in [9.17, 15) is 9.59 Å². The fourth-order valence-electron chi connectivity index (χ4n) is 3.08. The number of thiophene rings is 1. The number of H-pyrrole nitrogens is 1. The van der Waals surface area contributed by atoms with E-state index in [1.807, 2.05) is 14.0 Å². The maximum Gasteiger partial charge on any atom is 0.348 e. The SMILES string of the molecule is CCOC(=O)c1sc2nc([C@@H](C)N(C)Cc3ccc(C)cc3)[nH]c(=O)c2c1C. The van der Waals surface area contributed by atoms with E-state index in [-0.39, 0.29) is 11.6 Å². The molecular weight excluding hydrogens is 374 g/mol. The van der Waals surface area contributed by atoms with E-state index in [1.54, 1.807) is 13.8 Å². The molecule has 0 aliphatic carbocycles. The molecular formula is C21H25N3O3S. The zero-order chi connectivity index (χ0) is 20.4. The largest absolute Gasteiger partial charge is 0.462 e. The highest BCUT2D eigenvalue weighted by Gasteiger charge is 2.22. The minimum Gasteiger partial charge on any atom is -0.462 e. The third-order valence-corrected chi connectivity index (χ3v) is 6.05. The Kier molecular flexibility index (Phi) is 5.96. The summed E-state index contributed by atoms with van der Waals surface area (Å²) in [4.78, 5) is 35.5. The lowest BCUT2D eigenvalue weighted by Gasteiger charge is -2.24. The second-order valence-corrected chi connectivity index (χ2v) is 7.98. The minimum absolute atomic E-state index is 0.0909. The molecule has 6 nitrogen and oxygen atoms in total. The van der Waals surface area contributed by atoms with Gasteiger partial charge in [0.05, 0.1) is 18.0 Å². The Hall–Kier alpha value is -2.51. The molecule has 7 heteroatoms. The van der Waals surface area contributed by atoms with Gasteiger partial charge in [0.1, 0.15) is 15.5 Å². The molecule has 0 bridgehead atoms. The van der Waals surface area contributed by atoms with Crippen molar-refractivity contribution < 1.29 is 9.53 Å². The first-order valence-corrected chi connectivity index (χ1v) is 10.1. The summed E-state index contributed by atoms with van der Waals surface area (Å²) < 4.78 is 5.09. The van der Waals surface area contributed by atoms with E-state index < -0.39 is 5.97 Å². The molecule has 0 saturated heterocycles. The van der Waals surface area contributed by atoms with Crippen molar-refractivity contribution >= 4 is 27.5 Å². The molecule has 0 aliphatic rings.